The summed E-state index contributed by atoms with van der Waals surface area (Å²) in [6.07, 6.45) is 5.31. The van der Waals surface area contributed by atoms with Gasteiger partial charge in [-0.25, -0.2) is 8.42 Å². The number of amides is 2. The summed E-state index contributed by atoms with van der Waals surface area (Å²) in [5.41, 5.74) is 1.98. The van der Waals surface area contributed by atoms with Crippen LogP contribution < -0.4 is 14.4 Å². The average Bonchev–Trinajstić information content (AvgIpc) is 3.11. The summed E-state index contributed by atoms with van der Waals surface area (Å²) in [5, 5.41) is 3.24. The van der Waals surface area contributed by atoms with Crippen molar-refractivity contribution in [2.24, 2.45) is 0 Å². The molecule has 0 heterocycles. The van der Waals surface area contributed by atoms with Gasteiger partial charge in [0.05, 0.1) is 17.2 Å². The van der Waals surface area contributed by atoms with E-state index in [2.05, 4.69) is 5.32 Å². The van der Waals surface area contributed by atoms with Gasteiger partial charge in [-0.1, -0.05) is 110 Å². The van der Waals surface area contributed by atoms with Crippen LogP contribution in [0.2, 0.25) is 0 Å². The van der Waals surface area contributed by atoms with E-state index in [9.17, 15) is 18.0 Å². The Labute approximate surface area is 278 Å². The predicted molar refractivity (Wildman–Crippen MR) is 185 cm³/mol. The molecular weight excluding hydrogens is 611 g/mol. The van der Waals surface area contributed by atoms with Crippen molar-refractivity contribution in [1.29, 1.82) is 0 Å². The number of nitrogens with zero attached hydrogens (tertiary/aromatic N) is 2. The van der Waals surface area contributed by atoms with Gasteiger partial charge in [0.15, 0.2) is 0 Å². The molecule has 4 aromatic rings. The minimum atomic E-state index is -4.22. The second-order valence-corrected chi connectivity index (χ2v) is 13.6. The predicted octanol–water partition coefficient (Wildman–Crippen LogP) is 6.37. The molecule has 0 aromatic heterocycles. The zero-order chi connectivity index (χ0) is 33.1. The summed E-state index contributed by atoms with van der Waals surface area (Å²) in [4.78, 5) is 30.5. The third kappa shape index (κ3) is 8.80. The lowest BCUT2D eigenvalue weighted by Gasteiger charge is -2.35. The van der Waals surface area contributed by atoms with Gasteiger partial charge in [0.1, 0.15) is 18.3 Å². The molecule has 0 unspecified atom stereocenters. The summed E-state index contributed by atoms with van der Waals surface area (Å²) in [6, 6.07) is 33.1. The van der Waals surface area contributed by atoms with Crippen LogP contribution in [0.15, 0.2) is 120 Å². The molecule has 9 heteroatoms. The van der Waals surface area contributed by atoms with Gasteiger partial charge in [0, 0.05) is 19.0 Å². The van der Waals surface area contributed by atoms with E-state index in [0.717, 1.165) is 47.5 Å². The molecule has 0 spiro atoms. The minimum absolute atomic E-state index is 0.0382. The van der Waals surface area contributed by atoms with Gasteiger partial charge < -0.3 is 15.0 Å². The second kappa shape index (κ2) is 16.3. The molecule has 0 radical (unpaired) electrons. The molecule has 1 saturated carbocycles. The van der Waals surface area contributed by atoms with Gasteiger partial charge in [0.2, 0.25) is 11.8 Å². The fraction of sp³-hybridized carbons (Fsp3) is 0.316. The van der Waals surface area contributed by atoms with E-state index in [-0.39, 0.29) is 35.5 Å². The van der Waals surface area contributed by atoms with Crippen molar-refractivity contribution in [2.75, 3.05) is 17.5 Å². The molecule has 5 rings (SSSR count). The minimum Gasteiger partial charge on any atom is -0.492 e. The average molecular weight is 654 g/mol. The lowest BCUT2D eigenvalue weighted by Crippen LogP contribution is -2.55. The highest BCUT2D eigenvalue weighted by Gasteiger charge is 2.36. The third-order valence-corrected chi connectivity index (χ3v) is 10.2. The van der Waals surface area contributed by atoms with Crippen LogP contribution in [0.3, 0.4) is 0 Å². The maximum Gasteiger partial charge on any atom is 0.264 e. The van der Waals surface area contributed by atoms with Gasteiger partial charge in [-0.15, -0.1) is 0 Å². The Morgan fingerprint density at radius 1 is 0.787 bits per heavy atom. The molecule has 0 aliphatic heterocycles. The Balaban J connectivity index is 1.57. The van der Waals surface area contributed by atoms with Crippen molar-refractivity contribution in [1.82, 2.24) is 10.2 Å². The number of benzene rings is 4. The molecular formula is C38H43N3O5S. The molecule has 1 fully saturated rings. The Morgan fingerprint density at radius 2 is 1.36 bits per heavy atom. The van der Waals surface area contributed by atoms with Gasteiger partial charge in [-0.3, -0.25) is 13.9 Å². The first-order valence-electron chi connectivity index (χ1n) is 16.3. The Kier molecular flexibility index (Phi) is 11.7. The molecule has 1 aliphatic rings. The van der Waals surface area contributed by atoms with Crippen molar-refractivity contribution >= 4 is 27.5 Å². The van der Waals surface area contributed by atoms with E-state index in [4.69, 9.17) is 4.74 Å². The van der Waals surface area contributed by atoms with Gasteiger partial charge in [-0.2, -0.15) is 0 Å². The van der Waals surface area contributed by atoms with Gasteiger partial charge in [-0.05, 0) is 55.2 Å². The standard InChI is InChI=1S/C38H43N3O5S/c1-2-46-36-26-16-15-25-34(36)41(47(44,45)33-23-13-6-14-24-33)29-37(42)40(28-31-19-9-4-10-20-31)35(27-30-17-7-3-8-18-30)38(43)39-32-21-11-5-12-22-32/h3-4,6-10,13-20,23-26,32,35H,2,5,11-12,21-22,27-29H2,1H3,(H,39,43)/t35-/m0/s1. The number of ether oxygens (including phenoxy) is 1. The number of hydrogen-bond acceptors (Lipinski definition) is 5. The summed E-state index contributed by atoms with van der Waals surface area (Å²) in [5.74, 6) is -0.399. The quantitative estimate of drug-likeness (QED) is 0.171. The van der Waals surface area contributed by atoms with Crippen LogP contribution in [-0.2, 0) is 32.6 Å². The first kappa shape index (κ1) is 33.7. The Bertz CT molecular complexity index is 1700. The summed E-state index contributed by atoms with van der Waals surface area (Å²) in [6.45, 7) is 1.72. The number of carbonyl (C=O) groups excluding carboxylic acids is 2. The summed E-state index contributed by atoms with van der Waals surface area (Å²) < 4.78 is 35.5. The molecule has 0 bridgehead atoms. The smallest absolute Gasteiger partial charge is 0.264 e. The van der Waals surface area contributed by atoms with Crippen LogP contribution in [-0.4, -0.2) is 50.4 Å². The number of rotatable bonds is 14. The Morgan fingerprint density at radius 3 is 2.00 bits per heavy atom. The first-order valence-corrected chi connectivity index (χ1v) is 17.8. The topological polar surface area (TPSA) is 96.0 Å². The molecule has 1 aliphatic carbocycles. The number of anilines is 1. The van der Waals surface area contributed by atoms with E-state index < -0.39 is 28.5 Å². The van der Waals surface area contributed by atoms with Crippen LogP contribution in [0.5, 0.6) is 5.75 Å². The van der Waals surface area contributed by atoms with Crippen LogP contribution in [0.25, 0.3) is 0 Å². The van der Waals surface area contributed by atoms with Gasteiger partial charge >= 0.3 is 0 Å². The molecule has 1 N–H and O–H groups in total. The first-order chi connectivity index (χ1) is 22.9. The highest BCUT2D eigenvalue weighted by molar-refractivity contribution is 7.92. The lowest BCUT2D eigenvalue weighted by atomic mass is 9.94. The molecule has 1 atom stereocenters. The van der Waals surface area contributed by atoms with Crippen molar-refractivity contribution in [3.63, 3.8) is 0 Å². The van der Waals surface area contributed by atoms with Crippen molar-refractivity contribution in [3.05, 3.63) is 126 Å². The van der Waals surface area contributed by atoms with Crippen LogP contribution >= 0.6 is 0 Å². The van der Waals surface area contributed by atoms with Gasteiger partial charge in [0.25, 0.3) is 10.0 Å². The molecule has 246 valence electrons. The van der Waals surface area contributed by atoms with E-state index in [0.29, 0.717) is 12.4 Å². The van der Waals surface area contributed by atoms with Crippen molar-refractivity contribution in [2.45, 2.75) is 69.0 Å². The largest absolute Gasteiger partial charge is 0.492 e. The van der Waals surface area contributed by atoms with E-state index in [1.807, 2.05) is 67.6 Å². The number of sulfonamides is 1. The zero-order valence-electron chi connectivity index (χ0n) is 26.8. The number of para-hydroxylation sites is 2. The summed E-state index contributed by atoms with van der Waals surface area (Å²) in [7, 11) is -4.22. The van der Waals surface area contributed by atoms with E-state index in [1.165, 1.54) is 17.0 Å². The monoisotopic (exact) mass is 653 g/mol. The highest BCUT2D eigenvalue weighted by atomic mass is 32.2. The van der Waals surface area contributed by atoms with Crippen LogP contribution in [0.4, 0.5) is 5.69 Å². The lowest BCUT2D eigenvalue weighted by molar-refractivity contribution is -0.140. The third-order valence-electron chi connectivity index (χ3n) is 8.46. The van der Waals surface area contributed by atoms with Crippen molar-refractivity contribution in [3.8, 4) is 5.75 Å². The molecule has 47 heavy (non-hydrogen) atoms. The fourth-order valence-electron chi connectivity index (χ4n) is 6.05. The number of carbonyl (C=O) groups is 2. The highest BCUT2D eigenvalue weighted by Crippen LogP contribution is 2.33. The molecule has 8 nitrogen and oxygen atoms in total. The maximum absolute atomic E-state index is 14.7. The van der Waals surface area contributed by atoms with E-state index >= 15 is 0 Å². The molecule has 4 aromatic carbocycles. The number of nitrogens with one attached hydrogen (secondary N) is 1. The maximum atomic E-state index is 14.7. The van der Waals surface area contributed by atoms with Crippen molar-refractivity contribution < 1.29 is 22.7 Å². The molecule has 2 amide bonds. The fourth-order valence-corrected chi connectivity index (χ4v) is 7.50. The second-order valence-electron chi connectivity index (χ2n) is 11.8. The normalized spacial score (nSPS) is 14.1. The van der Waals surface area contributed by atoms with Crippen LogP contribution in [0, 0.1) is 0 Å². The molecule has 0 saturated heterocycles. The number of hydrogen-bond donors (Lipinski definition) is 1. The SMILES string of the molecule is CCOc1ccccc1N(CC(=O)N(Cc1ccccc1)[C@@H](Cc1ccccc1)C(=O)NC1CCCCC1)S(=O)(=O)c1ccccc1. The van der Waals surface area contributed by atoms with Crippen LogP contribution in [0.1, 0.15) is 50.2 Å². The Hall–Kier alpha value is -4.63. The van der Waals surface area contributed by atoms with E-state index in [1.54, 1.807) is 42.5 Å². The summed E-state index contributed by atoms with van der Waals surface area (Å²) >= 11 is 0. The zero-order valence-corrected chi connectivity index (χ0v) is 27.6.